The maximum atomic E-state index is 12.2. The van der Waals surface area contributed by atoms with Gasteiger partial charge in [-0.05, 0) is 37.6 Å². The van der Waals surface area contributed by atoms with Gasteiger partial charge in [-0.15, -0.1) is 11.3 Å². The molecule has 2 aromatic heterocycles. The monoisotopic (exact) mass is 425 g/mol. The van der Waals surface area contributed by atoms with Gasteiger partial charge < -0.3 is 15.5 Å². The molecule has 8 nitrogen and oxygen atoms in total. The third-order valence-corrected chi connectivity index (χ3v) is 5.07. The number of hydrogen-bond acceptors (Lipinski definition) is 5. The van der Waals surface area contributed by atoms with Crippen LogP contribution in [0.3, 0.4) is 0 Å². The number of rotatable bonds is 8. The normalized spacial score (nSPS) is 11.4. The molecule has 0 saturated heterocycles. The quantitative estimate of drug-likeness (QED) is 0.428. The van der Waals surface area contributed by atoms with Gasteiger partial charge in [-0.25, -0.2) is 9.98 Å². The lowest BCUT2D eigenvalue weighted by molar-refractivity contribution is -0.116. The largest absolute Gasteiger partial charge is 0.357 e. The molecule has 1 aromatic carbocycles. The van der Waals surface area contributed by atoms with E-state index < -0.39 is 0 Å². The maximum absolute atomic E-state index is 12.2. The first-order valence-electron chi connectivity index (χ1n) is 9.80. The van der Waals surface area contributed by atoms with E-state index in [0.29, 0.717) is 13.1 Å². The van der Waals surface area contributed by atoms with Gasteiger partial charge in [0.25, 0.3) is 0 Å². The molecule has 30 heavy (non-hydrogen) atoms. The van der Waals surface area contributed by atoms with Crippen molar-refractivity contribution in [2.75, 3.05) is 18.9 Å². The van der Waals surface area contributed by atoms with Crippen molar-refractivity contribution in [2.24, 2.45) is 4.99 Å². The van der Waals surface area contributed by atoms with Gasteiger partial charge in [0.05, 0.1) is 23.8 Å². The maximum Gasteiger partial charge on any atom is 0.246 e. The van der Waals surface area contributed by atoms with Crippen LogP contribution in [0.2, 0.25) is 0 Å². The Balaban J connectivity index is 1.62. The lowest BCUT2D eigenvalue weighted by atomic mass is 10.2. The van der Waals surface area contributed by atoms with Crippen LogP contribution in [0.5, 0.6) is 0 Å². The van der Waals surface area contributed by atoms with Crippen LogP contribution in [-0.2, 0) is 24.4 Å². The molecule has 3 aromatic rings. The molecule has 0 aliphatic heterocycles. The van der Waals surface area contributed by atoms with E-state index in [9.17, 15) is 4.79 Å². The summed E-state index contributed by atoms with van der Waals surface area (Å²) < 4.78 is 1.59. The number of amides is 1. The molecule has 2 N–H and O–H groups in total. The summed E-state index contributed by atoms with van der Waals surface area (Å²) in [5.74, 6) is 0.697. The van der Waals surface area contributed by atoms with Crippen molar-refractivity contribution in [1.82, 2.24) is 25.0 Å². The topological polar surface area (TPSA) is 87.4 Å². The van der Waals surface area contributed by atoms with Gasteiger partial charge in [-0.2, -0.15) is 5.10 Å². The Morgan fingerprint density at radius 2 is 2.20 bits per heavy atom. The van der Waals surface area contributed by atoms with E-state index in [4.69, 9.17) is 4.99 Å². The Hall–Kier alpha value is -3.20. The summed E-state index contributed by atoms with van der Waals surface area (Å²) in [5.41, 5.74) is 2.80. The zero-order valence-corrected chi connectivity index (χ0v) is 18.3. The van der Waals surface area contributed by atoms with Crippen LogP contribution in [0, 0.1) is 6.92 Å². The molecule has 0 aliphatic rings. The molecule has 9 heteroatoms. The number of nitrogens with zero attached hydrogens (tertiary/aromatic N) is 5. The Kier molecular flexibility index (Phi) is 7.56. The number of carbonyl (C=O) groups is 1. The van der Waals surface area contributed by atoms with E-state index in [0.717, 1.165) is 34.5 Å². The molecule has 0 saturated carbocycles. The molecule has 0 aliphatic carbocycles. The number of aryl methyl sites for hydroxylation is 1. The molecule has 2 heterocycles. The summed E-state index contributed by atoms with van der Waals surface area (Å²) in [6.45, 7) is 6.22. The lowest BCUT2D eigenvalue weighted by Gasteiger charge is -2.21. The molecule has 0 bridgehead atoms. The van der Waals surface area contributed by atoms with Crippen LogP contribution in [0.15, 0.2) is 53.1 Å². The fraction of sp³-hybridized carbons (Fsp3) is 0.333. The lowest BCUT2D eigenvalue weighted by Crippen LogP contribution is -2.38. The summed E-state index contributed by atoms with van der Waals surface area (Å²) in [6.07, 6.45) is 3.41. The zero-order valence-electron chi connectivity index (χ0n) is 17.5. The Morgan fingerprint density at radius 3 is 2.90 bits per heavy atom. The van der Waals surface area contributed by atoms with E-state index in [-0.39, 0.29) is 12.5 Å². The Morgan fingerprint density at radius 1 is 1.33 bits per heavy atom. The van der Waals surface area contributed by atoms with Gasteiger partial charge in [-0.1, -0.05) is 12.1 Å². The van der Waals surface area contributed by atoms with Crippen LogP contribution < -0.4 is 10.6 Å². The predicted octanol–water partition coefficient (Wildman–Crippen LogP) is 2.88. The van der Waals surface area contributed by atoms with Crippen molar-refractivity contribution >= 4 is 28.9 Å². The first-order chi connectivity index (χ1) is 14.5. The number of thiazole rings is 1. The zero-order chi connectivity index (χ0) is 21.3. The van der Waals surface area contributed by atoms with E-state index in [2.05, 4.69) is 31.0 Å². The van der Waals surface area contributed by atoms with Crippen molar-refractivity contribution in [3.05, 3.63) is 64.4 Å². The first kappa shape index (κ1) is 21.5. The van der Waals surface area contributed by atoms with Gasteiger partial charge in [-0.3, -0.25) is 9.48 Å². The van der Waals surface area contributed by atoms with Crippen LogP contribution in [0.25, 0.3) is 0 Å². The number of aliphatic imine (C=N–C) groups is 1. The predicted molar refractivity (Wildman–Crippen MR) is 120 cm³/mol. The average molecular weight is 426 g/mol. The Labute approximate surface area is 180 Å². The van der Waals surface area contributed by atoms with Crippen LogP contribution in [0.4, 0.5) is 5.69 Å². The minimum atomic E-state index is -0.119. The minimum Gasteiger partial charge on any atom is -0.357 e. The van der Waals surface area contributed by atoms with Crippen LogP contribution in [-0.4, -0.2) is 45.1 Å². The second kappa shape index (κ2) is 10.5. The second-order valence-electron chi connectivity index (χ2n) is 6.84. The molecule has 0 fully saturated rings. The standard InChI is InChI=1S/C21H27N7OS/c1-4-22-21(27(3)13-19-15-30-16(2)25-19)23-12-17-7-5-8-18(11-17)26-20(29)14-28-10-6-9-24-28/h5-11,15H,4,12-14H2,1-3H3,(H,22,23)(H,26,29). The summed E-state index contributed by atoms with van der Waals surface area (Å²) in [6, 6.07) is 9.53. The van der Waals surface area contributed by atoms with Gasteiger partial charge in [0.2, 0.25) is 5.91 Å². The number of anilines is 1. The van der Waals surface area contributed by atoms with Gasteiger partial charge in [0, 0.05) is 37.1 Å². The van der Waals surface area contributed by atoms with Gasteiger partial charge in [0.15, 0.2) is 5.96 Å². The van der Waals surface area contributed by atoms with E-state index in [1.165, 1.54) is 0 Å². The fourth-order valence-electron chi connectivity index (χ4n) is 2.92. The smallest absolute Gasteiger partial charge is 0.246 e. The highest BCUT2D eigenvalue weighted by atomic mass is 32.1. The Bertz CT molecular complexity index is 981. The molecule has 1 amide bonds. The minimum absolute atomic E-state index is 0.119. The number of aromatic nitrogens is 3. The molecule has 0 radical (unpaired) electrons. The van der Waals surface area contributed by atoms with Gasteiger partial charge in [0.1, 0.15) is 6.54 Å². The molecule has 0 spiro atoms. The SMILES string of the molecule is CCNC(=NCc1cccc(NC(=O)Cn2cccn2)c1)N(C)Cc1csc(C)n1. The second-order valence-corrected chi connectivity index (χ2v) is 7.90. The molecular weight excluding hydrogens is 398 g/mol. The number of carbonyl (C=O) groups excluding carboxylic acids is 1. The van der Waals surface area contributed by atoms with Crippen molar-refractivity contribution in [3.63, 3.8) is 0 Å². The molecular formula is C21H27N7OS. The number of hydrogen-bond donors (Lipinski definition) is 2. The molecule has 158 valence electrons. The summed E-state index contributed by atoms with van der Waals surface area (Å²) in [4.78, 5) is 23.5. The van der Waals surface area contributed by atoms with Crippen LogP contribution >= 0.6 is 11.3 Å². The van der Waals surface area contributed by atoms with E-state index in [1.807, 2.05) is 45.2 Å². The van der Waals surface area contributed by atoms with Crippen LogP contribution in [0.1, 0.15) is 23.2 Å². The van der Waals surface area contributed by atoms with E-state index >= 15 is 0 Å². The summed E-state index contributed by atoms with van der Waals surface area (Å²) in [7, 11) is 2.00. The summed E-state index contributed by atoms with van der Waals surface area (Å²) in [5, 5.41) is 13.4. The molecule has 3 rings (SSSR count). The number of nitrogens with one attached hydrogen (secondary N) is 2. The highest BCUT2D eigenvalue weighted by Gasteiger charge is 2.09. The molecule has 0 atom stereocenters. The molecule has 0 unspecified atom stereocenters. The highest BCUT2D eigenvalue weighted by molar-refractivity contribution is 7.09. The van der Waals surface area contributed by atoms with E-state index in [1.54, 1.807) is 34.5 Å². The third kappa shape index (κ3) is 6.41. The van der Waals surface area contributed by atoms with Crippen molar-refractivity contribution in [3.8, 4) is 0 Å². The number of guanidine groups is 1. The van der Waals surface area contributed by atoms with Crippen molar-refractivity contribution in [1.29, 1.82) is 0 Å². The van der Waals surface area contributed by atoms with Crippen molar-refractivity contribution in [2.45, 2.75) is 33.5 Å². The average Bonchev–Trinajstić information content (AvgIpc) is 3.37. The fourth-order valence-corrected chi connectivity index (χ4v) is 3.53. The summed E-state index contributed by atoms with van der Waals surface area (Å²) >= 11 is 1.65. The van der Waals surface area contributed by atoms with Crippen molar-refractivity contribution < 1.29 is 4.79 Å². The number of benzene rings is 1. The first-order valence-corrected chi connectivity index (χ1v) is 10.7. The van der Waals surface area contributed by atoms with Gasteiger partial charge >= 0.3 is 0 Å². The third-order valence-electron chi connectivity index (χ3n) is 4.25. The highest BCUT2D eigenvalue weighted by Crippen LogP contribution is 2.13.